The lowest BCUT2D eigenvalue weighted by Crippen LogP contribution is -2.16. The quantitative estimate of drug-likeness (QED) is 0.187. The molecule has 3 heterocycles. The summed E-state index contributed by atoms with van der Waals surface area (Å²) < 4.78 is 6.28. The molecular weight excluding hydrogens is 637 g/mol. The number of rotatable bonds is 4. The number of benzene rings is 8. The van der Waals surface area contributed by atoms with Crippen molar-refractivity contribution >= 4 is 60.5 Å². The van der Waals surface area contributed by atoms with Crippen molar-refractivity contribution in [3.8, 4) is 45.3 Å². The predicted octanol–water partition coefficient (Wildman–Crippen LogP) is 12.5. The van der Waals surface area contributed by atoms with Crippen LogP contribution in [-0.2, 0) is 0 Å². The first kappa shape index (κ1) is 28.7. The lowest BCUT2D eigenvalue weighted by atomic mass is 9.87. The van der Waals surface area contributed by atoms with Gasteiger partial charge in [0.15, 0.2) is 17.5 Å². The van der Waals surface area contributed by atoms with Gasteiger partial charge in [-0.2, -0.15) is 0 Å². The summed E-state index contributed by atoms with van der Waals surface area (Å²) in [6.07, 6.45) is 0. The third-order valence-electron chi connectivity index (χ3n) is 10.2. The maximum absolute atomic E-state index is 6.28. The van der Waals surface area contributed by atoms with Crippen molar-refractivity contribution in [2.45, 2.75) is 0 Å². The predicted molar refractivity (Wildman–Crippen MR) is 212 cm³/mol. The Hall–Kier alpha value is -7.11. The molecule has 8 aromatic carbocycles. The molecule has 5 heteroatoms. The van der Waals surface area contributed by atoms with E-state index in [2.05, 4.69) is 120 Å². The van der Waals surface area contributed by atoms with Gasteiger partial charge in [0.05, 0.1) is 17.1 Å². The van der Waals surface area contributed by atoms with E-state index in [4.69, 9.17) is 19.4 Å². The second-order valence-corrected chi connectivity index (χ2v) is 13.2. The highest BCUT2D eigenvalue weighted by Crippen LogP contribution is 2.54. The van der Waals surface area contributed by atoms with Crippen LogP contribution in [0.15, 0.2) is 174 Å². The molecule has 0 fully saturated rings. The van der Waals surface area contributed by atoms with E-state index in [0.717, 1.165) is 55.7 Å². The van der Waals surface area contributed by atoms with Crippen LogP contribution in [0.3, 0.4) is 0 Å². The van der Waals surface area contributed by atoms with Crippen LogP contribution in [0, 0.1) is 0 Å². The van der Waals surface area contributed by atoms with E-state index in [1.807, 2.05) is 54.6 Å². The standard InChI is InChI=1S/C47H28N4O/c1-2-13-31(14-3-1)45-48-46(32-24-26-35-34-18-7-9-23-41(34)52-42(35)28-32)50-47(49-45)36-19-6-8-21-38(36)51-39-22-11-16-30-15-10-20-37(43(30)39)44-33-17-5-4-12-29(33)25-27-40(44)51/h1-28H. The molecule has 1 aliphatic rings. The Morgan fingerprint density at radius 3 is 1.94 bits per heavy atom. The van der Waals surface area contributed by atoms with Crippen LogP contribution < -0.4 is 4.90 Å². The molecule has 2 aromatic heterocycles. The van der Waals surface area contributed by atoms with Gasteiger partial charge in [0.2, 0.25) is 0 Å². The first-order valence-electron chi connectivity index (χ1n) is 17.5. The summed E-state index contributed by atoms with van der Waals surface area (Å²) in [4.78, 5) is 17.8. The minimum atomic E-state index is 0.582. The second-order valence-electron chi connectivity index (χ2n) is 13.2. The molecule has 242 valence electrons. The summed E-state index contributed by atoms with van der Waals surface area (Å²) in [5.41, 5.74) is 10.0. The van der Waals surface area contributed by atoms with E-state index in [0.29, 0.717) is 17.5 Å². The first-order valence-corrected chi connectivity index (χ1v) is 17.5. The van der Waals surface area contributed by atoms with Crippen molar-refractivity contribution in [3.05, 3.63) is 170 Å². The number of anilines is 3. The van der Waals surface area contributed by atoms with E-state index in [9.17, 15) is 0 Å². The average molecular weight is 665 g/mol. The number of hydrogen-bond acceptors (Lipinski definition) is 5. The topological polar surface area (TPSA) is 55.1 Å². The van der Waals surface area contributed by atoms with E-state index in [1.54, 1.807) is 0 Å². The fraction of sp³-hybridized carbons (Fsp3) is 0. The van der Waals surface area contributed by atoms with E-state index >= 15 is 0 Å². The highest BCUT2D eigenvalue weighted by molar-refractivity contribution is 6.19. The molecule has 0 amide bonds. The molecule has 0 unspecified atom stereocenters. The van der Waals surface area contributed by atoms with Gasteiger partial charge in [0.1, 0.15) is 11.2 Å². The molecule has 11 rings (SSSR count). The van der Waals surface area contributed by atoms with Crippen molar-refractivity contribution in [2.75, 3.05) is 4.90 Å². The molecule has 0 aliphatic carbocycles. The number of aromatic nitrogens is 3. The largest absolute Gasteiger partial charge is 0.456 e. The molecule has 5 nitrogen and oxygen atoms in total. The summed E-state index contributed by atoms with van der Waals surface area (Å²) in [5, 5.41) is 7.01. The van der Waals surface area contributed by atoms with Crippen LogP contribution in [-0.4, -0.2) is 15.0 Å². The van der Waals surface area contributed by atoms with E-state index < -0.39 is 0 Å². The SMILES string of the molecule is c1ccc(-c2nc(-c3ccc4c(c3)oc3ccccc34)nc(-c3ccccc3N3c4ccc5ccccc5c4-c4cccc5cccc3c45)n2)cc1. The summed E-state index contributed by atoms with van der Waals surface area (Å²) in [6, 6.07) is 59.2. The zero-order valence-corrected chi connectivity index (χ0v) is 27.9. The van der Waals surface area contributed by atoms with Crippen LogP contribution in [0.2, 0.25) is 0 Å². The van der Waals surface area contributed by atoms with Gasteiger partial charge in [-0.25, -0.2) is 15.0 Å². The van der Waals surface area contributed by atoms with E-state index in [-0.39, 0.29) is 0 Å². The Labute approximate surface area is 299 Å². The van der Waals surface area contributed by atoms with Gasteiger partial charge >= 0.3 is 0 Å². The smallest absolute Gasteiger partial charge is 0.166 e. The second kappa shape index (κ2) is 11.2. The Kier molecular flexibility index (Phi) is 6.18. The lowest BCUT2D eigenvalue weighted by Gasteiger charge is -2.35. The number of nitrogens with zero attached hydrogens (tertiary/aromatic N) is 4. The molecular formula is C47H28N4O. The minimum absolute atomic E-state index is 0.582. The fourth-order valence-corrected chi connectivity index (χ4v) is 7.90. The van der Waals surface area contributed by atoms with Crippen molar-refractivity contribution in [1.29, 1.82) is 0 Å². The van der Waals surface area contributed by atoms with E-state index in [1.165, 1.54) is 32.7 Å². The first-order chi connectivity index (χ1) is 25.8. The molecule has 0 N–H and O–H groups in total. The van der Waals surface area contributed by atoms with Crippen molar-refractivity contribution in [3.63, 3.8) is 0 Å². The van der Waals surface area contributed by atoms with Crippen molar-refractivity contribution in [2.24, 2.45) is 0 Å². The highest BCUT2D eigenvalue weighted by atomic mass is 16.3. The molecule has 10 aromatic rings. The third-order valence-corrected chi connectivity index (χ3v) is 10.2. The van der Waals surface area contributed by atoms with Crippen molar-refractivity contribution < 1.29 is 4.42 Å². The van der Waals surface area contributed by atoms with Gasteiger partial charge < -0.3 is 9.32 Å². The minimum Gasteiger partial charge on any atom is -0.456 e. The van der Waals surface area contributed by atoms with Crippen LogP contribution >= 0.6 is 0 Å². The molecule has 0 atom stereocenters. The van der Waals surface area contributed by atoms with Crippen LogP contribution in [0.1, 0.15) is 0 Å². The number of fused-ring (bicyclic) bond motifs is 7. The number of para-hydroxylation sites is 2. The third kappa shape index (κ3) is 4.33. The van der Waals surface area contributed by atoms with Gasteiger partial charge in [0, 0.05) is 38.4 Å². The summed E-state index contributed by atoms with van der Waals surface area (Å²) in [5.74, 6) is 1.79. The number of furan rings is 1. The average Bonchev–Trinajstić information content (AvgIpc) is 3.59. The monoisotopic (exact) mass is 664 g/mol. The van der Waals surface area contributed by atoms with Crippen LogP contribution in [0.4, 0.5) is 17.1 Å². The van der Waals surface area contributed by atoms with Crippen molar-refractivity contribution in [1.82, 2.24) is 15.0 Å². The molecule has 0 saturated carbocycles. The Bertz CT molecular complexity index is 3030. The Morgan fingerprint density at radius 1 is 0.385 bits per heavy atom. The maximum Gasteiger partial charge on any atom is 0.166 e. The molecule has 0 bridgehead atoms. The summed E-state index contributed by atoms with van der Waals surface area (Å²) in [7, 11) is 0. The zero-order chi connectivity index (χ0) is 34.2. The molecule has 52 heavy (non-hydrogen) atoms. The Morgan fingerprint density at radius 2 is 1.04 bits per heavy atom. The van der Waals surface area contributed by atoms with Gasteiger partial charge in [-0.05, 0) is 64.2 Å². The lowest BCUT2D eigenvalue weighted by molar-refractivity contribution is 0.669. The highest BCUT2D eigenvalue weighted by Gasteiger charge is 2.29. The van der Waals surface area contributed by atoms with Gasteiger partial charge in [-0.15, -0.1) is 0 Å². The van der Waals surface area contributed by atoms with Gasteiger partial charge in [-0.1, -0.05) is 127 Å². The van der Waals surface area contributed by atoms with Gasteiger partial charge in [0.25, 0.3) is 0 Å². The Balaban J connectivity index is 1.16. The number of hydrogen-bond donors (Lipinski definition) is 0. The molecule has 0 saturated heterocycles. The van der Waals surface area contributed by atoms with Crippen LogP contribution in [0.25, 0.3) is 88.8 Å². The normalized spacial score (nSPS) is 12.2. The summed E-state index contributed by atoms with van der Waals surface area (Å²) >= 11 is 0. The maximum atomic E-state index is 6.28. The molecule has 0 radical (unpaired) electrons. The zero-order valence-electron chi connectivity index (χ0n) is 27.9. The van der Waals surface area contributed by atoms with Gasteiger partial charge in [-0.3, -0.25) is 0 Å². The van der Waals surface area contributed by atoms with Crippen LogP contribution in [0.5, 0.6) is 0 Å². The summed E-state index contributed by atoms with van der Waals surface area (Å²) in [6.45, 7) is 0. The molecule has 0 spiro atoms. The molecule has 1 aliphatic heterocycles. The fourth-order valence-electron chi connectivity index (χ4n) is 7.90.